The van der Waals surface area contributed by atoms with E-state index in [1.807, 2.05) is 24.8 Å². The van der Waals surface area contributed by atoms with Crippen molar-refractivity contribution in [1.82, 2.24) is 5.32 Å². The summed E-state index contributed by atoms with van der Waals surface area (Å²) in [6.45, 7) is 2.98. The van der Waals surface area contributed by atoms with Crippen LogP contribution in [0.15, 0.2) is 18.2 Å². The highest BCUT2D eigenvalue weighted by molar-refractivity contribution is 7.98. The van der Waals surface area contributed by atoms with Crippen molar-refractivity contribution >= 4 is 23.4 Å². The number of aromatic hydroxyl groups is 1. The summed E-state index contributed by atoms with van der Waals surface area (Å²) < 4.78 is 0. The van der Waals surface area contributed by atoms with Crippen LogP contribution in [0.4, 0.5) is 0 Å². The van der Waals surface area contributed by atoms with Crippen LogP contribution in [0.1, 0.15) is 24.9 Å². The summed E-state index contributed by atoms with van der Waals surface area (Å²) in [4.78, 5) is 0. The molecule has 90 valence electrons. The summed E-state index contributed by atoms with van der Waals surface area (Å²) in [6.07, 6.45) is 3.24. The Morgan fingerprint density at radius 2 is 2.25 bits per heavy atom. The number of nitrogens with one attached hydrogen (secondary N) is 1. The summed E-state index contributed by atoms with van der Waals surface area (Å²) in [7, 11) is 0. The van der Waals surface area contributed by atoms with Crippen LogP contribution in [0.3, 0.4) is 0 Å². The summed E-state index contributed by atoms with van der Waals surface area (Å²) in [5.74, 6) is 1.45. The van der Waals surface area contributed by atoms with Crippen molar-refractivity contribution in [2.75, 3.05) is 18.6 Å². The summed E-state index contributed by atoms with van der Waals surface area (Å²) in [6, 6.07) is 5.27. The number of phenolic OH excluding ortho intramolecular Hbond substituents is 1. The van der Waals surface area contributed by atoms with Gasteiger partial charge in [-0.1, -0.05) is 11.6 Å². The molecule has 4 heteroatoms. The number of halogens is 1. The van der Waals surface area contributed by atoms with Crippen molar-refractivity contribution in [3.63, 3.8) is 0 Å². The molecule has 0 saturated carbocycles. The van der Waals surface area contributed by atoms with Gasteiger partial charge in [0.25, 0.3) is 0 Å². The Balaban J connectivity index is 2.51. The van der Waals surface area contributed by atoms with Crippen molar-refractivity contribution in [2.45, 2.75) is 19.4 Å². The molecule has 0 aliphatic rings. The van der Waals surface area contributed by atoms with E-state index in [0.717, 1.165) is 24.3 Å². The predicted octanol–water partition coefficient (Wildman–Crippen LogP) is 3.45. The first-order chi connectivity index (χ1) is 7.65. The fourth-order valence-electron chi connectivity index (χ4n) is 1.52. The van der Waals surface area contributed by atoms with E-state index in [1.54, 1.807) is 12.1 Å². The molecule has 0 saturated heterocycles. The van der Waals surface area contributed by atoms with Gasteiger partial charge >= 0.3 is 0 Å². The molecule has 1 atom stereocenters. The minimum absolute atomic E-state index is 0.126. The van der Waals surface area contributed by atoms with E-state index in [-0.39, 0.29) is 6.04 Å². The van der Waals surface area contributed by atoms with E-state index < -0.39 is 0 Å². The molecule has 0 aliphatic carbocycles. The Morgan fingerprint density at radius 3 is 2.94 bits per heavy atom. The Kier molecular flexibility index (Phi) is 6.03. The molecule has 0 radical (unpaired) electrons. The van der Waals surface area contributed by atoms with E-state index in [9.17, 15) is 5.11 Å². The molecular formula is C12H18ClNOS. The van der Waals surface area contributed by atoms with E-state index in [1.165, 1.54) is 0 Å². The van der Waals surface area contributed by atoms with E-state index in [4.69, 9.17) is 11.6 Å². The lowest BCUT2D eigenvalue weighted by atomic mass is 10.1. The van der Waals surface area contributed by atoms with Gasteiger partial charge in [0.05, 0.1) is 0 Å². The lowest BCUT2D eigenvalue weighted by molar-refractivity contribution is 0.453. The van der Waals surface area contributed by atoms with Crippen LogP contribution >= 0.6 is 23.4 Å². The van der Waals surface area contributed by atoms with Gasteiger partial charge in [0.2, 0.25) is 0 Å². The molecule has 0 amide bonds. The molecule has 0 bridgehead atoms. The lowest BCUT2D eigenvalue weighted by Crippen LogP contribution is -2.20. The van der Waals surface area contributed by atoms with Gasteiger partial charge in [-0.05, 0) is 50.1 Å². The third-order valence-electron chi connectivity index (χ3n) is 2.43. The Bertz CT molecular complexity index is 333. The maximum atomic E-state index is 9.71. The minimum atomic E-state index is 0.126. The molecule has 1 unspecified atom stereocenters. The first-order valence-corrected chi connectivity index (χ1v) is 7.13. The highest BCUT2D eigenvalue weighted by Gasteiger charge is 2.09. The maximum Gasteiger partial charge on any atom is 0.120 e. The molecule has 0 fully saturated rings. The second-order valence-corrected chi connectivity index (χ2v) is 5.15. The van der Waals surface area contributed by atoms with Gasteiger partial charge in [-0.3, -0.25) is 0 Å². The number of phenols is 1. The van der Waals surface area contributed by atoms with E-state index in [0.29, 0.717) is 10.8 Å². The van der Waals surface area contributed by atoms with Crippen molar-refractivity contribution in [3.05, 3.63) is 28.8 Å². The molecule has 1 rings (SSSR count). The van der Waals surface area contributed by atoms with Crippen LogP contribution in [0.25, 0.3) is 0 Å². The van der Waals surface area contributed by atoms with Crippen molar-refractivity contribution in [3.8, 4) is 5.75 Å². The number of benzene rings is 1. The van der Waals surface area contributed by atoms with Gasteiger partial charge in [-0.25, -0.2) is 0 Å². The number of hydrogen-bond acceptors (Lipinski definition) is 3. The maximum absolute atomic E-state index is 9.71. The molecule has 0 aromatic heterocycles. The van der Waals surface area contributed by atoms with Crippen molar-refractivity contribution in [2.24, 2.45) is 0 Å². The molecule has 16 heavy (non-hydrogen) atoms. The van der Waals surface area contributed by atoms with Gasteiger partial charge in [0.15, 0.2) is 0 Å². The summed E-state index contributed by atoms with van der Waals surface area (Å²) in [5, 5.41) is 13.7. The Morgan fingerprint density at radius 1 is 1.50 bits per heavy atom. The van der Waals surface area contributed by atoms with Gasteiger partial charge in [-0.2, -0.15) is 11.8 Å². The average Bonchev–Trinajstić information content (AvgIpc) is 2.27. The minimum Gasteiger partial charge on any atom is -0.508 e. The standard InChI is InChI=1S/C12H18ClNOS/c1-9(14-6-3-7-16-2)11-8-10(13)4-5-12(11)15/h4-5,8-9,14-15H,3,6-7H2,1-2H3. The molecule has 1 aromatic carbocycles. The molecular weight excluding hydrogens is 242 g/mol. The molecule has 1 aromatic rings. The SMILES string of the molecule is CSCCCNC(C)c1cc(Cl)ccc1O. The first kappa shape index (κ1) is 13.7. The van der Waals surface area contributed by atoms with E-state index in [2.05, 4.69) is 11.6 Å². The number of thioether (sulfide) groups is 1. The second-order valence-electron chi connectivity index (χ2n) is 3.73. The third-order valence-corrected chi connectivity index (χ3v) is 3.36. The van der Waals surface area contributed by atoms with Crippen LogP contribution in [0.5, 0.6) is 5.75 Å². The monoisotopic (exact) mass is 259 g/mol. The normalized spacial score (nSPS) is 12.7. The molecule has 0 aliphatic heterocycles. The fraction of sp³-hybridized carbons (Fsp3) is 0.500. The molecule has 0 heterocycles. The van der Waals surface area contributed by atoms with Gasteiger partial charge < -0.3 is 10.4 Å². The predicted molar refractivity (Wildman–Crippen MR) is 72.5 cm³/mol. The largest absolute Gasteiger partial charge is 0.508 e. The molecule has 0 spiro atoms. The Hall–Kier alpha value is -0.380. The zero-order valence-corrected chi connectivity index (χ0v) is 11.2. The molecule has 2 N–H and O–H groups in total. The zero-order chi connectivity index (χ0) is 12.0. The summed E-state index contributed by atoms with van der Waals surface area (Å²) in [5.41, 5.74) is 0.858. The van der Waals surface area contributed by atoms with Crippen LogP contribution in [0.2, 0.25) is 5.02 Å². The topological polar surface area (TPSA) is 32.3 Å². The fourth-order valence-corrected chi connectivity index (χ4v) is 2.13. The van der Waals surface area contributed by atoms with Crippen molar-refractivity contribution in [1.29, 1.82) is 0 Å². The van der Waals surface area contributed by atoms with Gasteiger partial charge in [0.1, 0.15) is 5.75 Å². The van der Waals surface area contributed by atoms with Crippen LogP contribution in [-0.4, -0.2) is 23.7 Å². The quantitative estimate of drug-likeness (QED) is 0.768. The number of rotatable bonds is 6. The molecule has 2 nitrogen and oxygen atoms in total. The van der Waals surface area contributed by atoms with Crippen LogP contribution < -0.4 is 5.32 Å². The number of hydrogen-bond donors (Lipinski definition) is 2. The van der Waals surface area contributed by atoms with E-state index >= 15 is 0 Å². The Labute approximate surface area is 106 Å². The lowest BCUT2D eigenvalue weighted by Gasteiger charge is -2.15. The average molecular weight is 260 g/mol. The highest BCUT2D eigenvalue weighted by Crippen LogP contribution is 2.26. The van der Waals surface area contributed by atoms with Crippen molar-refractivity contribution < 1.29 is 5.11 Å². The second kappa shape index (κ2) is 7.05. The zero-order valence-electron chi connectivity index (χ0n) is 9.66. The highest BCUT2D eigenvalue weighted by atomic mass is 35.5. The van der Waals surface area contributed by atoms with Gasteiger partial charge in [-0.15, -0.1) is 0 Å². The smallest absolute Gasteiger partial charge is 0.120 e. The third kappa shape index (κ3) is 4.24. The van der Waals surface area contributed by atoms with Crippen LogP contribution in [0, 0.1) is 0 Å². The summed E-state index contributed by atoms with van der Waals surface area (Å²) >= 11 is 7.75. The first-order valence-electron chi connectivity index (χ1n) is 5.36. The van der Waals surface area contributed by atoms with Crippen LogP contribution in [-0.2, 0) is 0 Å². The van der Waals surface area contributed by atoms with Gasteiger partial charge in [0, 0.05) is 16.6 Å².